The van der Waals surface area contributed by atoms with Crippen LogP contribution in [0.1, 0.15) is 37.4 Å². The van der Waals surface area contributed by atoms with Crippen molar-refractivity contribution < 1.29 is 14.1 Å². The fraction of sp³-hybridized carbons (Fsp3) is 0.842. The molecule has 1 aromatic rings. The Balaban J connectivity index is 1.26. The normalized spacial score (nSPS) is 26.4. The number of morpholine rings is 1. The second-order valence-electron chi connectivity index (χ2n) is 8.01. The molecule has 4 rings (SSSR count). The Bertz CT molecular complexity index is 623. The van der Waals surface area contributed by atoms with E-state index in [0.29, 0.717) is 36.9 Å². The third-order valence-electron chi connectivity index (χ3n) is 6.13. The van der Waals surface area contributed by atoms with Crippen LogP contribution in [-0.2, 0) is 16.1 Å². The van der Waals surface area contributed by atoms with Crippen molar-refractivity contribution in [1.29, 1.82) is 0 Å². The van der Waals surface area contributed by atoms with Gasteiger partial charge in [-0.05, 0) is 39.2 Å². The van der Waals surface area contributed by atoms with Crippen LogP contribution >= 0.6 is 0 Å². The van der Waals surface area contributed by atoms with Gasteiger partial charge in [-0.1, -0.05) is 5.16 Å². The molecule has 1 aromatic heterocycles. The first-order valence-electron chi connectivity index (χ1n) is 10.3. The van der Waals surface area contributed by atoms with E-state index in [4.69, 9.17) is 9.26 Å². The van der Waals surface area contributed by atoms with Crippen LogP contribution in [0.15, 0.2) is 4.52 Å². The number of carbonyl (C=O) groups is 1. The van der Waals surface area contributed by atoms with Gasteiger partial charge in [-0.2, -0.15) is 4.98 Å². The van der Waals surface area contributed by atoms with Gasteiger partial charge in [0.05, 0.1) is 25.7 Å². The number of rotatable bonds is 4. The molecule has 3 saturated heterocycles. The summed E-state index contributed by atoms with van der Waals surface area (Å²) >= 11 is 0. The Labute approximate surface area is 160 Å². The Kier molecular flexibility index (Phi) is 6.04. The number of likely N-dealkylation sites (tertiary alicyclic amines) is 2. The number of aromatic nitrogens is 2. The molecule has 0 aliphatic carbocycles. The molecule has 0 radical (unpaired) electrons. The van der Waals surface area contributed by atoms with Gasteiger partial charge >= 0.3 is 0 Å². The highest BCUT2D eigenvalue weighted by Crippen LogP contribution is 2.25. The van der Waals surface area contributed by atoms with Gasteiger partial charge in [0, 0.05) is 38.8 Å². The SMILES string of the molecule is Cc1noc(CN2CCC(N3CCCC(C(=O)N4CCOCC4)C3)CC2)n1. The van der Waals surface area contributed by atoms with Gasteiger partial charge in [0.25, 0.3) is 0 Å². The Morgan fingerprint density at radius 3 is 2.59 bits per heavy atom. The highest BCUT2D eigenvalue weighted by atomic mass is 16.5. The third-order valence-corrected chi connectivity index (χ3v) is 6.13. The Hall–Kier alpha value is -1.51. The lowest BCUT2D eigenvalue weighted by Crippen LogP contribution is -2.52. The first kappa shape index (κ1) is 18.8. The molecule has 8 heteroatoms. The monoisotopic (exact) mass is 377 g/mol. The minimum atomic E-state index is 0.163. The van der Waals surface area contributed by atoms with Gasteiger partial charge in [0.2, 0.25) is 11.8 Å². The fourth-order valence-electron chi connectivity index (χ4n) is 4.62. The summed E-state index contributed by atoms with van der Waals surface area (Å²) in [5.74, 6) is 1.91. The summed E-state index contributed by atoms with van der Waals surface area (Å²) in [4.78, 5) is 24.1. The van der Waals surface area contributed by atoms with Crippen molar-refractivity contribution in [3.63, 3.8) is 0 Å². The summed E-state index contributed by atoms with van der Waals surface area (Å²) in [6.07, 6.45) is 4.45. The highest BCUT2D eigenvalue weighted by molar-refractivity contribution is 5.79. The Morgan fingerprint density at radius 2 is 1.89 bits per heavy atom. The summed E-state index contributed by atoms with van der Waals surface area (Å²) in [6, 6.07) is 0.589. The van der Waals surface area contributed by atoms with Crippen LogP contribution in [0.4, 0.5) is 0 Å². The van der Waals surface area contributed by atoms with Gasteiger partial charge in [0.1, 0.15) is 0 Å². The maximum absolute atomic E-state index is 12.9. The van der Waals surface area contributed by atoms with E-state index in [-0.39, 0.29) is 5.92 Å². The van der Waals surface area contributed by atoms with Gasteiger partial charge in [-0.15, -0.1) is 0 Å². The summed E-state index contributed by atoms with van der Waals surface area (Å²) in [7, 11) is 0. The van der Waals surface area contributed by atoms with E-state index in [1.807, 2.05) is 11.8 Å². The number of nitrogens with zero attached hydrogens (tertiary/aromatic N) is 5. The zero-order valence-corrected chi connectivity index (χ0v) is 16.3. The van der Waals surface area contributed by atoms with Crippen LogP contribution in [-0.4, -0.2) is 89.3 Å². The topological polar surface area (TPSA) is 74.9 Å². The van der Waals surface area contributed by atoms with Crippen LogP contribution in [0, 0.1) is 12.8 Å². The number of ether oxygens (including phenoxy) is 1. The average Bonchev–Trinajstić information content (AvgIpc) is 3.13. The molecule has 1 amide bonds. The molecule has 0 saturated carbocycles. The predicted octanol–water partition coefficient (Wildman–Crippen LogP) is 0.913. The molecule has 3 aliphatic heterocycles. The van der Waals surface area contributed by atoms with Crippen molar-refractivity contribution >= 4 is 5.91 Å². The number of piperidine rings is 2. The maximum Gasteiger partial charge on any atom is 0.240 e. The van der Waals surface area contributed by atoms with Crippen molar-refractivity contribution in [3.05, 3.63) is 11.7 Å². The first-order chi connectivity index (χ1) is 13.2. The molecule has 8 nitrogen and oxygen atoms in total. The van der Waals surface area contributed by atoms with Crippen molar-refractivity contribution in [2.24, 2.45) is 5.92 Å². The van der Waals surface area contributed by atoms with E-state index in [1.54, 1.807) is 0 Å². The van der Waals surface area contributed by atoms with Crippen molar-refractivity contribution in [2.45, 2.75) is 45.2 Å². The number of hydrogen-bond donors (Lipinski definition) is 0. The summed E-state index contributed by atoms with van der Waals surface area (Å²) in [5, 5.41) is 3.87. The molecular weight excluding hydrogens is 346 g/mol. The molecule has 1 atom stereocenters. The number of carbonyl (C=O) groups excluding carboxylic acids is 1. The van der Waals surface area contributed by atoms with Crippen LogP contribution in [0.25, 0.3) is 0 Å². The molecule has 27 heavy (non-hydrogen) atoms. The molecule has 0 N–H and O–H groups in total. The number of hydrogen-bond acceptors (Lipinski definition) is 7. The van der Waals surface area contributed by atoms with Gasteiger partial charge in [0.15, 0.2) is 5.82 Å². The molecule has 3 fully saturated rings. The van der Waals surface area contributed by atoms with Gasteiger partial charge < -0.3 is 14.2 Å². The minimum Gasteiger partial charge on any atom is -0.378 e. The molecule has 4 heterocycles. The number of aryl methyl sites for hydroxylation is 1. The highest BCUT2D eigenvalue weighted by Gasteiger charge is 2.34. The van der Waals surface area contributed by atoms with E-state index >= 15 is 0 Å². The molecule has 1 unspecified atom stereocenters. The lowest BCUT2D eigenvalue weighted by Gasteiger charge is -2.42. The molecule has 3 aliphatic rings. The molecule has 0 aromatic carbocycles. The van der Waals surface area contributed by atoms with Crippen molar-refractivity contribution in [2.75, 3.05) is 52.5 Å². The van der Waals surface area contributed by atoms with E-state index in [0.717, 1.165) is 71.5 Å². The summed E-state index contributed by atoms with van der Waals surface area (Å²) in [5.41, 5.74) is 0. The van der Waals surface area contributed by atoms with E-state index in [1.165, 1.54) is 0 Å². The molecule has 0 spiro atoms. The Morgan fingerprint density at radius 1 is 1.11 bits per heavy atom. The molecular formula is C19H31N5O3. The molecule has 0 bridgehead atoms. The fourth-order valence-corrected chi connectivity index (χ4v) is 4.62. The second kappa shape index (κ2) is 8.67. The van der Waals surface area contributed by atoms with Gasteiger partial charge in [-0.25, -0.2) is 0 Å². The molecule has 150 valence electrons. The zero-order chi connectivity index (χ0) is 18.6. The smallest absolute Gasteiger partial charge is 0.240 e. The van der Waals surface area contributed by atoms with Crippen molar-refractivity contribution in [1.82, 2.24) is 24.8 Å². The lowest BCUT2D eigenvalue weighted by molar-refractivity contribution is -0.142. The van der Waals surface area contributed by atoms with Crippen molar-refractivity contribution in [3.8, 4) is 0 Å². The quantitative estimate of drug-likeness (QED) is 0.772. The van der Waals surface area contributed by atoms with Crippen LogP contribution in [0.2, 0.25) is 0 Å². The van der Waals surface area contributed by atoms with Crippen LogP contribution in [0.3, 0.4) is 0 Å². The second-order valence-corrected chi connectivity index (χ2v) is 8.01. The summed E-state index contributed by atoms with van der Waals surface area (Å²) < 4.78 is 10.6. The van der Waals surface area contributed by atoms with E-state index in [9.17, 15) is 4.79 Å². The first-order valence-corrected chi connectivity index (χ1v) is 10.3. The average molecular weight is 377 g/mol. The standard InChI is InChI=1S/C19H31N5O3/c1-15-20-18(27-21-15)14-22-7-4-17(5-8-22)24-6-2-3-16(13-24)19(25)23-9-11-26-12-10-23/h16-17H,2-14H2,1H3. The maximum atomic E-state index is 12.9. The zero-order valence-electron chi connectivity index (χ0n) is 16.3. The largest absolute Gasteiger partial charge is 0.378 e. The van der Waals surface area contributed by atoms with Gasteiger partial charge in [-0.3, -0.25) is 14.6 Å². The van der Waals surface area contributed by atoms with E-state index in [2.05, 4.69) is 19.9 Å². The lowest BCUT2D eigenvalue weighted by atomic mass is 9.92. The van der Waals surface area contributed by atoms with E-state index < -0.39 is 0 Å². The third kappa shape index (κ3) is 4.67. The minimum absolute atomic E-state index is 0.163. The number of amides is 1. The predicted molar refractivity (Wildman–Crippen MR) is 99.0 cm³/mol. The van der Waals surface area contributed by atoms with Crippen LogP contribution < -0.4 is 0 Å². The van der Waals surface area contributed by atoms with Crippen LogP contribution in [0.5, 0.6) is 0 Å². The summed E-state index contributed by atoms with van der Waals surface area (Å²) in [6.45, 7) is 9.60.